The van der Waals surface area contributed by atoms with Gasteiger partial charge in [0.2, 0.25) is 5.91 Å². The molecule has 1 amide bonds. The van der Waals surface area contributed by atoms with E-state index in [9.17, 15) is 9.90 Å². The summed E-state index contributed by atoms with van der Waals surface area (Å²) in [4.78, 5) is 14.7. The Hall–Kier alpha value is -1.30. The van der Waals surface area contributed by atoms with E-state index in [1.807, 2.05) is 13.0 Å². The molecule has 2 atom stereocenters. The highest BCUT2D eigenvalue weighted by Crippen LogP contribution is 2.62. The summed E-state index contributed by atoms with van der Waals surface area (Å²) >= 11 is 6.11. The van der Waals surface area contributed by atoms with E-state index in [-0.39, 0.29) is 23.3 Å². The van der Waals surface area contributed by atoms with Crippen LogP contribution in [0.15, 0.2) is 12.1 Å². The first-order valence-corrected chi connectivity index (χ1v) is 9.06. The second kappa shape index (κ2) is 6.45. The van der Waals surface area contributed by atoms with E-state index in [0.717, 1.165) is 25.1 Å². The van der Waals surface area contributed by atoms with Crippen molar-refractivity contribution in [2.75, 3.05) is 38.7 Å². The minimum absolute atomic E-state index is 0.0294. The van der Waals surface area contributed by atoms with Gasteiger partial charge in [0.25, 0.3) is 0 Å². The molecule has 2 N–H and O–H groups in total. The number of nitrogens with zero attached hydrogens (tertiary/aromatic N) is 1. The molecule has 0 aromatic heterocycles. The predicted molar refractivity (Wildman–Crippen MR) is 99.2 cm³/mol. The summed E-state index contributed by atoms with van der Waals surface area (Å²) in [5.74, 6) is 0.927. The summed E-state index contributed by atoms with van der Waals surface area (Å²) in [5.41, 5.74) is 1.73. The Labute approximate surface area is 154 Å². The maximum Gasteiger partial charge on any atom is 0.238 e. The molecule has 1 saturated heterocycles. The Kier molecular flexibility index (Phi) is 4.77. The quantitative estimate of drug-likeness (QED) is 0.841. The molecule has 0 bridgehead atoms. The van der Waals surface area contributed by atoms with E-state index in [1.54, 1.807) is 13.2 Å². The zero-order chi connectivity index (χ0) is 18.4. The molecule has 0 radical (unpaired) electrons. The number of aliphatic hydroxyl groups excluding tert-OH is 1. The van der Waals surface area contributed by atoms with Crippen LogP contribution in [0.5, 0.6) is 5.75 Å². The molecule has 2 fully saturated rings. The smallest absolute Gasteiger partial charge is 0.238 e. The van der Waals surface area contributed by atoms with Crippen molar-refractivity contribution in [3.05, 3.63) is 22.7 Å². The normalized spacial score (nSPS) is 27.5. The fourth-order valence-electron chi connectivity index (χ4n) is 4.89. The third-order valence-electron chi connectivity index (χ3n) is 5.91. The van der Waals surface area contributed by atoms with Gasteiger partial charge in [0.1, 0.15) is 5.75 Å². The van der Waals surface area contributed by atoms with Crippen molar-refractivity contribution in [1.82, 2.24) is 4.90 Å². The number of ether oxygens (including phenoxy) is 1. The average molecular weight is 367 g/mol. The minimum Gasteiger partial charge on any atom is -0.495 e. The van der Waals surface area contributed by atoms with Crippen LogP contribution in [0.3, 0.4) is 0 Å². The van der Waals surface area contributed by atoms with Crippen LogP contribution < -0.4 is 10.1 Å². The van der Waals surface area contributed by atoms with E-state index in [2.05, 4.69) is 24.1 Å². The van der Waals surface area contributed by atoms with Crippen LogP contribution in [0.2, 0.25) is 5.02 Å². The van der Waals surface area contributed by atoms with Crippen LogP contribution in [0.25, 0.3) is 0 Å². The predicted octanol–water partition coefficient (Wildman–Crippen LogP) is 2.94. The van der Waals surface area contributed by atoms with Crippen LogP contribution >= 0.6 is 11.6 Å². The third kappa shape index (κ3) is 3.25. The lowest BCUT2D eigenvalue weighted by atomic mass is 9.48. The van der Waals surface area contributed by atoms with Crippen LogP contribution in [0.1, 0.15) is 25.8 Å². The largest absolute Gasteiger partial charge is 0.495 e. The number of carbonyl (C=O) groups excluding carboxylic acids is 1. The average Bonchev–Trinajstić information content (AvgIpc) is 2.85. The molecule has 138 valence electrons. The van der Waals surface area contributed by atoms with Crippen molar-refractivity contribution >= 4 is 23.2 Å². The molecular weight excluding hydrogens is 340 g/mol. The van der Waals surface area contributed by atoms with Crippen molar-refractivity contribution in [3.63, 3.8) is 0 Å². The van der Waals surface area contributed by atoms with E-state index >= 15 is 0 Å². The number of fused-ring (bicyclic) bond motifs is 1. The number of aliphatic hydroxyl groups is 1. The van der Waals surface area contributed by atoms with Gasteiger partial charge < -0.3 is 15.2 Å². The van der Waals surface area contributed by atoms with Gasteiger partial charge >= 0.3 is 0 Å². The molecule has 1 aromatic rings. The van der Waals surface area contributed by atoms with Gasteiger partial charge in [0, 0.05) is 29.6 Å². The van der Waals surface area contributed by atoms with Gasteiger partial charge in [-0.25, -0.2) is 0 Å². The van der Waals surface area contributed by atoms with Crippen LogP contribution in [-0.2, 0) is 4.79 Å². The van der Waals surface area contributed by atoms with Crippen molar-refractivity contribution in [2.45, 2.75) is 27.2 Å². The standard InChI is InChI=1S/C19H27ClN2O3/c1-12-5-14(15(25-4)6-13(12)20)21-17(24)8-22-7-16-18(2,3)9-19(16,10-22)11-23/h5-6,16,23H,7-11H2,1-4H3,(H,21,24)/t16-,19-/m1/s1. The summed E-state index contributed by atoms with van der Waals surface area (Å²) in [6.07, 6.45) is 1.02. The maximum absolute atomic E-state index is 12.5. The number of carbonyl (C=O) groups is 1. The van der Waals surface area contributed by atoms with E-state index < -0.39 is 0 Å². The summed E-state index contributed by atoms with van der Waals surface area (Å²) in [5, 5.41) is 13.4. The van der Waals surface area contributed by atoms with Gasteiger partial charge in [0.15, 0.2) is 0 Å². The summed E-state index contributed by atoms with van der Waals surface area (Å²) in [6.45, 7) is 8.54. The molecule has 5 nitrogen and oxygen atoms in total. The van der Waals surface area contributed by atoms with Gasteiger partial charge in [0.05, 0.1) is 25.9 Å². The Bertz CT molecular complexity index is 691. The second-order valence-electron chi connectivity index (χ2n) is 8.26. The number of nitrogens with one attached hydrogen (secondary N) is 1. The van der Waals surface area contributed by atoms with Crippen LogP contribution in [-0.4, -0.2) is 49.3 Å². The summed E-state index contributed by atoms with van der Waals surface area (Å²) < 4.78 is 5.31. The molecule has 0 spiro atoms. The van der Waals surface area contributed by atoms with Crippen LogP contribution in [0, 0.1) is 23.7 Å². The van der Waals surface area contributed by atoms with Crippen LogP contribution in [0.4, 0.5) is 5.69 Å². The number of hydrogen-bond acceptors (Lipinski definition) is 4. The molecule has 1 saturated carbocycles. The number of benzene rings is 1. The first kappa shape index (κ1) is 18.5. The number of amides is 1. The van der Waals surface area contributed by atoms with Gasteiger partial charge in [-0.1, -0.05) is 25.4 Å². The molecule has 6 heteroatoms. The fourth-order valence-corrected chi connectivity index (χ4v) is 5.04. The van der Waals surface area contributed by atoms with Crippen molar-refractivity contribution in [1.29, 1.82) is 0 Å². The maximum atomic E-state index is 12.5. The lowest BCUT2D eigenvalue weighted by Crippen LogP contribution is -2.54. The van der Waals surface area contributed by atoms with Gasteiger partial charge in [-0.05, 0) is 36.3 Å². The molecular formula is C19H27ClN2O3. The van der Waals surface area contributed by atoms with Gasteiger partial charge in [-0.3, -0.25) is 9.69 Å². The second-order valence-corrected chi connectivity index (χ2v) is 8.67. The molecule has 1 aliphatic heterocycles. The lowest BCUT2D eigenvalue weighted by molar-refractivity contribution is -0.117. The number of rotatable bonds is 5. The number of halogens is 1. The number of methoxy groups -OCH3 is 1. The number of likely N-dealkylation sites (tertiary alicyclic amines) is 1. The zero-order valence-corrected chi connectivity index (χ0v) is 16.1. The van der Waals surface area contributed by atoms with Gasteiger partial charge in [-0.15, -0.1) is 0 Å². The Morgan fingerprint density at radius 3 is 2.76 bits per heavy atom. The zero-order valence-electron chi connectivity index (χ0n) is 15.4. The first-order chi connectivity index (χ1) is 11.7. The number of aryl methyl sites for hydroxylation is 1. The summed E-state index contributed by atoms with van der Waals surface area (Å²) in [6, 6.07) is 3.54. The third-order valence-corrected chi connectivity index (χ3v) is 6.31. The summed E-state index contributed by atoms with van der Waals surface area (Å²) in [7, 11) is 1.56. The van der Waals surface area contributed by atoms with E-state index in [4.69, 9.17) is 16.3 Å². The number of anilines is 1. The van der Waals surface area contributed by atoms with Crippen molar-refractivity contribution in [2.24, 2.45) is 16.7 Å². The SMILES string of the molecule is COc1cc(Cl)c(C)cc1NC(=O)CN1C[C@@H]2C(C)(C)C[C@]2(CO)C1. The monoisotopic (exact) mass is 366 g/mol. The highest BCUT2D eigenvalue weighted by molar-refractivity contribution is 6.31. The molecule has 3 rings (SSSR count). The Morgan fingerprint density at radius 2 is 2.20 bits per heavy atom. The Morgan fingerprint density at radius 1 is 1.48 bits per heavy atom. The molecule has 1 aliphatic carbocycles. The molecule has 25 heavy (non-hydrogen) atoms. The first-order valence-electron chi connectivity index (χ1n) is 8.68. The molecule has 1 aromatic carbocycles. The van der Waals surface area contributed by atoms with Crippen molar-refractivity contribution < 1.29 is 14.6 Å². The topological polar surface area (TPSA) is 61.8 Å². The van der Waals surface area contributed by atoms with E-state index in [0.29, 0.717) is 28.9 Å². The molecule has 1 heterocycles. The fraction of sp³-hybridized carbons (Fsp3) is 0.632. The van der Waals surface area contributed by atoms with Crippen molar-refractivity contribution in [3.8, 4) is 5.75 Å². The Balaban J connectivity index is 1.66. The molecule has 0 unspecified atom stereocenters. The minimum atomic E-state index is -0.0766. The lowest BCUT2D eigenvalue weighted by Gasteiger charge is -2.56. The number of hydrogen-bond donors (Lipinski definition) is 2. The van der Waals surface area contributed by atoms with Gasteiger partial charge in [-0.2, -0.15) is 0 Å². The highest BCUT2D eigenvalue weighted by Gasteiger charge is 2.62. The molecule has 2 aliphatic rings. The van der Waals surface area contributed by atoms with E-state index in [1.165, 1.54) is 0 Å². The highest BCUT2D eigenvalue weighted by atomic mass is 35.5.